The maximum Gasteiger partial charge on any atom is 2.00 e. The summed E-state index contributed by atoms with van der Waals surface area (Å²) in [6, 6.07) is 0. The van der Waals surface area contributed by atoms with E-state index in [1.54, 1.807) is 0 Å². The van der Waals surface area contributed by atoms with Crippen LogP contribution in [-0.4, -0.2) is 6.16 Å². The van der Waals surface area contributed by atoms with Crippen LogP contribution in [0.25, 0.3) is 0 Å². The predicted molar refractivity (Wildman–Crippen MR) is 5.40 cm³/mol. The molecule has 0 unspecified atom stereocenters. The van der Waals surface area contributed by atoms with E-state index in [9.17, 15) is 0 Å². The largest absolute Gasteiger partial charge is 2.00 e. The quantitative estimate of drug-likeness (QED) is 0.383. The molecule has 0 aromatic rings. The van der Waals surface area contributed by atoms with Gasteiger partial charge < -0.3 is 15.0 Å². The minimum atomic E-state index is -2.33. The number of carbonyl (C=O) groups is 1. The molecule has 0 atom stereocenters. The Labute approximate surface area is 55.1 Å². The van der Waals surface area contributed by atoms with Gasteiger partial charge in [0.25, 0.3) is 0 Å². The summed E-state index contributed by atoms with van der Waals surface area (Å²) in [4.78, 5) is 8.33. The average molecular weight is 175 g/mol. The molecule has 0 N–H and O–H groups in total. The third-order valence-corrected chi connectivity index (χ3v) is 0. The van der Waals surface area contributed by atoms with Gasteiger partial charge in [-0.15, -0.1) is 0 Å². The Balaban J connectivity index is -0.0000000450. The van der Waals surface area contributed by atoms with Crippen LogP contribution < -0.4 is 10.2 Å². The minimum absolute atomic E-state index is 0. The molecule has 0 amide bonds. The molecule has 6 heavy (non-hydrogen) atoms. The molecule has 0 aromatic carbocycles. The first-order valence-corrected chi connectivity index (χ1v) is 0.612. The summed E-state index contributed by atoms with van der Waals surface area (Å²) < 4.78 is 0. The maximum atomic E-state index is 8.33. The number of hydrogen-bond acceptors (Lipinski definition) is 3. The second-order valence-corrected chi connectivity index (χ2v) is 0.250. The van der Waals surface area contributed by atoms with Crippen LogP contribution in [0.4, 0.5) is 4.79 Å². The Morgan fingerprint density at radius 2 is 1.33 bits per heavy atom. The molecule has 0 aromatic heterocycles. The van der Waals surface area contributed by atoms with Gasteiger partial charge in [-0.2, -0.15) is 0 Å². The third kappa shape index (κ3) is 576. The molecule has 0 spiro atoms. The Bertz CT molecular complexity index is 33.8. The normalized spacial score (nSPS) is 4.00. The molecule has 0 bridgehead atoms. The molecule has 5 heteroatoms. The van der Waals surface area contributed by atoms with Crippen LogP contribution in [0.3, 0.4) is 0 Å². The molecule has 0 saturated heterocycles. The fraction of sp³-hybridized carbons (Fsp3) is 0. The molecule has 0 aliphatic rings. The fourth-order valence-electron chi connectivity index (χ4n) is 0. The molecule has 3 nitrogen and oxygen atoms in total. The Hall–Kier alpha value is 0.283. The van der Waals surface area contributed by atoms with Crippen LogP contribution in [0, 0.1) is 0 Å². The molecule has 0 rings (SSSR count). The number of carbonyl (C=O) groups excluding carboxylic acids is 1. The Morgan fingerprint density at radius 1 is 1.33 bits per heavy atom. The molecular formula is CFeNiO3. The predicted octanol–water partition coefficient (Wildman–Crippen LogP) is -2.45. The van der Waals surface area contributed by atoms with E-state index in [2.05, 4.69) is 0 Å². The van der Waals surface area contributed by atoms with Gasteiger partial charge >= 0.3 is 16.5 Å². The number of rotatable bonds is 0. The minimum Gasteiger partial charge on any atom is -0.652 e. The van der Waals surface area contributed by atoms with Crippen molar-refractivity contribution in [1.29, 1.82) is 0 Å². The van der Waals surface area contributed by atoms with Crippen molar-refractivity contribution in [3.63, 3.8) is 0 Å². The van der Waals surface area contributed by atoms with Crippen LogP contribution in [0.1, 0.15) is 0 Å². The van der Waals surface area contributed by atoms with Crippen molar-refractivity contribution in [2.45, 2.75) is 0 Å². The Morgan fingerprint density at radius 3 is 1.33 bits per heavy atom. The van der Waals surface area contributed by atoms with Gasteiger partial charge in [0.2, 0.25) is 0 Å². The summed E-state index contributed by atoms with van der Waals surface area (Å²) in [6.07, 6.45) is -2.33. The zero-order valence-electron chi connectivity index (χ0n) is 2.39. The maximum absolute atomic E-state index is 8.33. The van der Waals surface area contributed by atoms with E-state index >= 15 is 0 Å². The zero-order valence-corrected chi connectivity index (χ0v) is 4.49. The van der Waals surface area contributed by atoms with Crippen molar-refractivity contribution in [2.24, 2.45) is 0 Å². The molecule has 40 valence electrons. The van der Waals surface area contributed by atoms with Gasteiger partial charge in [0.1, 0.15) is 0 Å². The van der Waals surface area contributed by atoms with Gasteiger partial charge in [-0.05, 0) is 6.16 Å². The second-order valence-electron chi connectivity index (χ2n) is 0.250. The summed E-state index contributed by atoms with van der Waals surface area (Å²) >= 11 is 0. The van der Waals surface area contributed by atoms with Gasteiger partial charge in [-0.1, -0.05) is 0 Å². The second kappa shape index (κ2) is 8.99. The Kier molecular flexibility index (Phi) is 24.4. The van der Waals surface area contributed by atoms with E-state index in [1.807, 2.05) is 0 Å². The molecular weight excluding hydrogens is 175 g/mol. The summed E-state index contributed by atoms with van der Waals surface area (Å²) in [6.45, 7) is 0. The smallest absolute Gasteiger partial charge is 0.652 e. The van der Waals surface area contributed by atoms with Crippen molar-refractivity contribution in [3.05, 3.63) is 0 Å². The van der Waals surface area contributed by atoms with Crippen LogP contribution in [0.5, 0.6) is 0 Å². The van der Waals surface area contributed by atoms with Crippen molar-refractivity contribution < 1.29 is 48.6 Å². The fourth-order valence-corrected chi connectivity index (χ4v) is 0. The third-order valence-electron chi connectivity index (χ3n) is 0. The monoisotopic (exact) mass is 174 g/mol. The van der Waals surface area contributed by atoms with Crippen molar-refractivity contribution >= 4 is 6.16 Å². The van der Waals surface area contributed by atoms with Crippen molar-refractivity contribution in [1.82, 2.24) is 0 Å². The molecule has 0 saturated carbocycles. The van der Waals surface area contributed by atoms with Crippen LogP contribution in [-0.2, 0) is 33.6 Å². The van der Waals surface area contributed by atoms with E-state index in [1.165, 1.54) is 0 Å². The first-order chi connectivity index (χ1) is 1.73. The van der Waals surface area contributed by atoms with Gasteiger partial charge in [0.15, 0.2) is 0 Å². The van der Waals surface area contributed by atoms with Crippen LogP contribution in [0.2, 0.25) is 0 Å². The average Bonchev–Trinajstić information content (AvgIpc) is 0.811. The zero-order chi connectivity index (χ0) is 3.58. The van der Waals surface area contributed by atoms with Gasteiger partial charge in [-0.3, -0.25) is 0 Å². The van der Waals surface area contributed by atoms with E-state index in [-0.39, 0.29) is 33.6 Å². The van der Waals surface area contributed by atoms with Crippen molar-refractivity contribution in [3.8, 4) is 0 Å². The van der Waals surface area contributed by atoms with Crippen LogP contribution >= 0.6 is 0 Å². The van der Waals surface area contributed by atoms with Gasteiger partial charge in [0.05, 0.1) is 0 Å². The van der Waals surface area contributed by atoms with Gasteiger partial charge in [0, 0.05) is 17.1 Å². The van der Waals surface area contributed by atoms with Gasteiger partial charge in [-0.25, -0.2) is 0 Å². The molecule has 0 aliphatic carbocycles. The SMILES string of the molecule is O=C([O-])[O-].[Fe].[Ni+2]. The summed E-state index contributed by atoms with van der Waals surface area (Å²) in [5, 5.41) is 16.7. The topological polar surface area (TPSA) is 63.2 Å². The molecule has 0 aliphatic heterocycles. The first-order valence-electron chi connectivity index (χ1n) is 0.612. The summed E-state index contributed by atoms with van der Waals surface area (Å²) in [5.74, 6) is 0. The number of hydrogen-bond donors (Lipinski definition) is 0. The molecule has 0 fully saturated rings. The molecule has 0 heterocycles. The standard InChI is InChI=1S/CH2O3.Fe.Ni/c2-1(3)4;;/h(H2,2,3,4);;/q;;+2/p-2. The van der Waals surface area contributed by atoms with E-state index in [0.717, 1.165) is 0 Å². The first kappa shape index (κ1) is 16.3. The summed E-state index contributed by atoms with van der Waals surface area (Å²) in [7, 11) is 0. The van der Waals surface area contributed by atoms with E-state index in [0.29, 0.717) is 0 Å². The van der Waals surface area contributed by atoms with E-state index in [4.69, 9.17) is 15.0 Å². The number of carboxylic acid groups (broad SMARTS) is 2. The van der Waals surface area contributed by atoms with Crippen LogP contribution in [0.15, 0.2) is 0 Å². The summed E-state index contributed by atoms with van der Waals surface area (Å²) in [5.41, 5.74) is 0. The van der Waals surface area contributed by atoms with E-state index < -0.39 is 6.16 Å². The molecule has 0 radical (unpaired) electrons. The van der Waals surface area contributed by atoms with Crippen molar-refractivity contribution in [2.75, 3.05) is 0 Å².